The van der Waals surface area contributed by atoms with E-state index >= 15 is 0 Å². The summed E-state index contributed by atoms with van der Waals surface area (Å²) in [6.45, 7) is 1.40. The van der Waals surface area contributed by atoms with Gasteiger partial charge in [-0.3, -0.25) is 14.9 Å². The second-order valence-electron chi connectivity index (χ2n) is 3.56. The van der Waals surface area contributed by atoms with Crippen LogP contribution in [0.15, 0.2) is 0 Å². The first-order chi connectivity index (χ1) is 7.00. The molecular formula is C9H14N2O4. The van der Waals surface area contributed by atoms with E-state index in [1.807, 2.05) is 5.32 Å². The Balaban J connectivity index is 2.33. The molecule has 6 nitrogen and oxygen atoms in total. The summed E-state index contributed by atoms with van der Waals surface area (Å²) in [5, 5.41) is 1.85. The molecule has 1 aliphatic rings. The van der Waals surface area contributed by atoms with Crippen molar-refractivity contribution in [3.8, 4) is 0 Å². The number of rotatable bonds is 3. The van der Waals surface area contributed by atoms with Crippen molar-refractivity contribution in [2.75, 3.05) is 0 Å². The molecule has 15 heavy (non-hydrogen) atoms. The van der Waals surface area contributed by atoms with Gasteiger partial charge in [0.25, 0.3) is 5.91 Å². The number of nitrogens with one attached hydrogen (secondary N) is 1. The number of urea groups is 1. The SMILES string of the molecule is C[C@@H](OC(=O)C1CCC1)C(=O)NC(N)=O. The Kier molecular flexibility index (Phi) is 3.65. The normalized spacial score (nSPS) is 17.4. The highest BCUT2D eigenvalue weighted by atomic mass is 16.5. The summed E-state index contributed by atoms with van der Waals surface area (Å²) in [6.07, 6.45) is 1.65. The summed E-state index contributed by atoms with van der Waals surface area (Å²) < 4.78 is 4.86. The van der Waals surface area contributed by atoms with Crippen LogP contribution >= 0.6 is 0 Å². The van der Waals surface area contributed by atoms with Gasteiger partial charge in [-0.05, 0) is 19.8 Å². The molecule has 0 radical (unpaired) electrons. The zero-order chi connectivity index (χ0) is 11.4. The summed E-state index contributed by atoms with van der Waals surface area (Å²) in [7, 11) is 0. The zero-order valence-corrected chi connectivity index (χ0v) is 8.49. The Labute approximate surface area is 87.1 Å². The fourth-order valence-electron chi connectivity index (χ4n) is 1.19. The molecule has 84 valence electrons. The van der Waals surface area contributed by atoms with Gasteiger partial charge in [-0.1, -0.05) is 6.42 Å². The fraction of sp³-hybridized carbons (Fsp3) is 0.667. The molecule has 1 atom stereocenters. The fourth-order valence-corrected chi connectivity index (χ4v) is 1.19. The van der Waals surface area contributed by atoms with Crippen molar-refractivity contribution < 1.29 is 19.1 Å². The number of amides is 3. The highest BCUT2D eigenvalue weighted by Gasteiger charge is 2.29. The highest BCUT2D eigenvalue weighted by molar-refractivity contribution is 5.96. The quantitative estimate of drug-likeness (QED) is 0.641. The highest BCUT2D eigenvalue weighted by Crippen LogP contribution is 2.27. The average molecular weight is 214 g/mol. The van der Waals surface area contributed by atoms with Crippen molar-refractivity contribution in [3.63, 3.8) is 0 Å². The summed E-state index contributed by atoms with van der Waals surface area (Å²) in [5.41, 5.74) is 4.75. The number of imide groups is 1. The Morgan fingerprint density at radius 2 is 2.00 bits per heavy atom. The predicted molar refractivity (Wildman–Crippen MR) is 50.6 cm³/mol. The number of hydrogen-bond donors (Lipinski definition) is 2. The van der Waals surface area contributed by atoms with Crippen LogP contribution in [0, 0.1) is 5.92 Å². The minimum absolute atomic E-state index is 0.0890. The van der Waals surface area contributed by atoms with Gasteiger partial charge in [0, 0.05) is 0 Å². The first-order valence-corrected chi connectivity index (χ1v) is 4.81. The molecule has 1 rings (SSSR count). The molecule has 0 aliphatic heterocycles. The molecule has 0 saturated heterocycles. The van der Waals surface area contributed by atoms with Crippen LogP contribution in [0.5, 0.6) is 0 Å². The summed E-state index contributed by atoms with van der Waals surface area (Å²) in [4.78, 5) is 32.8. The van der Waals surface area contributed by atoms with Gasteiger partial charge < -0.3 is 10.5 Å². The lowest BCUT2D eigenvalue weighted by molar-refractivity contribution is -0.160. The van der Waals surface area contributed by atoms with E-state index in [-0.39, 0.29) is 11.9 Å². The van der Waals surface area contributed by atoms with Crippen molar-refractivity contribution in [1.82, 2.24) is 5.32 Å². The number of primary amides is 1. The van der Waals surface area contributed by atoms with Gasteiger partial charge in [-0.25, -0.2) is 4.79 Å². The topological polar surface area (TPSA) is 98.5 Å². The molecule has 3 amide bonds. The van der Waals surface area contributed by atoms with Gasteiger partial charge in [-0.2, -0.15) is 0 Å². The number of esters is 1. The van der Waals surface area contributed by atoms with Gasteiger partial charge in [-0.15, -0.1) is 0 Å². The van der Waals surface area contributed by atoms with Crippen LogP contribution in [0.3, 0.4) is 0 Å². The molecule has 0 unspecified atom stereocenters. The van der Waals surface area contributed by atoms with Gasteiger partial charge in [0.15, 0.2) is 6.10 Å². The molecule has 0 spiro atoms. The number of carbonyl (C=O) groups is 3. The maximum absolute atomic E-state index is 11.3. The van der Waals surface area contributed by atoms with E-state index in [4.69, 9.17) is 10.5 Å². The lowest BCUT2D eigenvalue weighted by Gasteiger charge is -2.24. The van der Waals surface area contributed by atoms with Crippen molar-refractivity contribution in [2.45, 2.75) is 32.3 Å². The third-order valence-corrected chi connectivity index (χ3v) is 2.35. The minimum Gasteiger partial charge on any atom is -0.452 e. The lowest BCUT2D eigenvalue weighted by atomic mass is 9.86. The minimum atomic E-state index is -0.981. The van der Waals surface area contributed by atoms with Crippen molar-refractivity contribution in [3.05, 3.63) is 0 Å². The van der Waals surface area contributed by atoms with Crippen LogP contribution in [0.1, 0.15) is 26.2 Å². The maximum Gasteiger partial charge on any atom is 0.318 e. The molecule has 1 saturated carbocycles. The number of carbonyl (C=O) groups excluding carboxylic acids is 3. The van der Waals surface area contributed by atoms with E-state index < -0.39 is 18.0 Å². The first kappa shape index (κ1) is 11.5. The smallest absolute Gasteiger partial charge is 0.318 e. The van der Waals surface area contributed by atoms with Crippen LogP contribution in [-0.2, 0) is 14.3 Å². The summed E-state index contributed by atoms with van der Waals surface area (Å²) in [5.74, 6) is -1.17. The van der Waals surface area contributed by atoms with Gasteiger partial charge in [0.2, 0.25) is 0 Å². The lowest BCUT2D eigenvalue weighted by Crippen LogP contribution is -2.43. The monoisotopic (exact) mass is 214 g/mol. The van der Waals surface area contributed by atoms with E-state index in [1.165, 1.54) is 6.92 Å². The standard InChI is InChI=1S/C9H14N2O4/c1-5(7(12)11-9(10)14)15-8(13)6-3-2-4-6/h5-6H,2-4H2,1H3,(H3,10,11,12,14)/t5-/m1/s1. The molecule has 0 heterocycles. The average Bonchev–Trinajstić information content (AvgIpc) is 1.98. The van der Waals surface area contributed by atoms with E-state index in [0.29, 0.717) is 0 Å². The molecule has 1 aliphatic carbocycles. The Hall–Kier alpha value is -1.59. The molecule has 0 aromatic heterocycles. The molecule has 3 N–H and O–H groups in total. The third-order valence-electron chi connectivity index (χ3n) is 2.35. The second kappa shape index (κ2) is 4.77. The number of hydrogen-bond acceptors (Lipinski definition) is 4. The predicted octanol–water partition coefficient (Wildman–Crippen LogP) is -0.0869. The molecular weight excluding hydrogens is 200 g/mol. The molecule has 0 bridgehead atoms. The second-order valence-corrected chi connectivity index (χ2v) is 3.56. The van der Waals surface area contributed by atoms with E-state index in [1.54, 1.807) is 0 Å². The third kappa shape index (κ3) is 3.23. The Morgan fingerprint density at radius 1 is 1.40 bits per heavy atom. The maximum atomic E-state index is 11.3. The summed E-state index contributed by atoms with van der Waals surface area (Å²) in [6, 6.07) is -0.952. The molecule has 1 fully saturated rings. The van der Waals surface area contributed by atoms with Crippen molar-refractivity contribution in [2.24, 2.45) is 11.7 Å². The Morgan fingerprint density at radius 3 is 2.40 bits per heavy atom. The van der Waals surface area contributed by atoms with E-state index in [2.05, 4.69) is 0 Å². The van der Waals surface area contributed by atoms with Gasteiger partial charge in [0.05, 0.1) is 5.92 Å². The molecule has 0 aromatic carbocycles. The van der Waals surface area contributed by atoms with Crippen LogP contribution in [0.4, 0.5) is 4.79 Å². The largest absolute Gasteiger partial charge is 0.452 e. The zero-order valence-electron chi connectivity index (χ0n) is 8.49. The van der Waals surface area contributed by atoms with Crippen LogP contribution in [0.2, 0.25) is 0 Å². The van der Waals surface area contributed by atoms with Crippen LogP contribution < -0.4 is 11.1 Å². The van der Waals surface area contributed by atoms with E-state index in [9.17, 15) is 14.4 Å². The molecule has 6 heteroatoms. The van der Waals surface area contributed by atoms with E-state index in [0.717, 1.165) is 19.3 Å². The number of ether oxygens (including phenoxy) is 1. The van der Waals surface area contributed by atoms with Crippen molar-refractivity contribution >= 4 is 17.9 Å². The number of nitrogens with two attached hydrogens (primary N) is 1. The molecule has 0 aromatic rings. The first-order valence-electron chi connectivity index (χ1n) is 4.81. The van der Waals surface area contributed by atoms with Gasteiger partial charge in [0.1, 0.15) is 0 Å². The summed E-state index contributed by atoms with van der Waals surface area (Å²) >= 11 is 0. The van der Waals surface area contributed by atoms with Crippen LogP contribution in [-0.4, -0.2) is 24.0 Å². The van der Waals surface area contributed by atoms with Crippen molar-refractivity contribution in [1.29, 1.82) is 0 Å². The van der Waals surface area contributed by atoms with Gasteiger partial charge >= 0.3 is 12.0 Å². The Bertz CT molecular complexity index is 286. The van der Waals surface area contributed by atoms with Crippen LogP contribution in [0.25, 0.3) is 0 Å².